The molecule has 0 aliphatic heterocycles. The summed E-state index contributed by atoms with van der Waals surface area (Å²) >= 11 is 0. The number of aryl methyl sites for hydroxylation is 2. The van der Waals surface area contributed by atoms with E-state index in [1.165, 1.54) is 0 Å². The van der Waals surface area contributed by atoms with Crippen LogP contribution in [0.2, 0.25) is 0 Å². The highest BCUT2D eigenvalue weighted by molar-refractivity contribution is 6.01. The summed E-state index contributed by atoms with van der Waals surface area (Å²) in [4.78, 5) is 50.4. The molecule has 4 N–H and O–H groups in total. The third kappa shape index (κ3) is 13.1. The van der Waals surface area contributed by atoms with Crippen molar-refractivity contribution >= 4 is 45.6 Å². The maximum atomic E-state index is 13.3. The fourth-order valence-electron chi connectivity index (χ4n) is 10.8. The maximum Gasteiger partial charge on any atom is 0.338 e. The molecule has 2 unspecified atom stereocenters. The molecule has 0 fully saturated rings. The number of aromatic nitrogens is 2. The van der Waals surface area contributed by atoms with E-state index in [4.69, 9.17) is 9.84 Å². The second kappa shape index (κ2) is 27.2. The van der Waals surface area contributed by atoms with Crippen LogP contribution in [-0.4, -0.2) is 56.8 Å². The van der Waals surface area contributed by atoms with E-state index < -0.39 is 5.97 Å². The van der Waals surface area contributed by atoms with Gasteiger partial charge in [-0.2, -0.15) is 0 Å². The number of aliphatic hydroxyl groups is 1. The zero-order valence-electron chi connectivity index (χ0n) is 48.0. The van der Waals surface area contributed by atoms with Crippen molar-refractivity contribution in [2.24, 2.45) is 0 Å². The zero-order chi connectivity index (χ0) is 58.5. The van der Waals surface area contributed by atoms with Gasteiger partial charge in [0, 0.05) is 64.5 Å². The van der Waals surface area contributed by atoms with Gasteiger partial charge in [-0.25, -0.2) is 9.59 Å². The van der Waals surface area contributed by atoms with Crippen LogP contribution in [0.4, 0.5) is 0 Å². The molecule has 0 aliphatic rings. The highest BCUT2D eigenvalue weighted by atomic mass is 16.5. The quantitative estimate of drug-likeness (QED) is 0.0663. The van der Waals surface area contributed by atoms with Gasteiger partial charge in [-0.1, -0.05) is 147 Å². The molecule has 0 saturated heterocycles. The Morgan fingerprint density at radius 2 is 0.866 bits per heavy atom. The predicted molar refractivity (Wildman–Crippen MR) is 330 cm³/mol. The molecular weight excluding hydrogens is 1020 g/mol. The lowest BCUT2D eigenvalue weighted by Crippen LogP contribution is -2.28. The fraction of sp³-hybridized carbons (Fsp3) is 0.211. The number of esters is 1. The monoisotopic (exact) mass is 1090 g/mol. The predicted octanol–water partition coefficient (Wildman–Crippen LogP) is 15.2. The number of benzene rings is 8. The van der Waals surface area contributed by atoms with Crippen LogP contribution in [0.1, 0.15) is 132 Å². The Hall–Kier alpha value is -9.32. The summed E-state index contributed by atoms with van der Waals surface area (Å²) in [5, 5.41) is 25.0. The first-order valence-electron chi connectivity index (χ1n) is 27.9. The number of ether oxygens (including phenoxy) is 1. The Labute approximate surface area is 480 Å². The average molecular weight is 1090 g/mol. The lowest BCUT2D eigenvalue weighted by atomic mass is 9.98. The topological polar surface area (TPSA) is 152 Å². The molecule has 0 radical (unpaired) electrons. The molecule has 0 spiro atoms. The van der Waals surface area contributed by atoms with Crippen LogP contribution in [-0.2, 0) is 17.8 Å². The van der Waals surface area contributed by atoms with Crippen LogP contribution < -0.4 is 10.6 Å². The van der Waals surface area contributed by atoms with Crippen LogP contribution in [0, 0.1) is 27.7 Å². The van der Waals surface area contributed by atoms with Crippen LogP contribution in [0.5, 0.6) is 0 Å². The summed E-state index contributed by atoms with van der Waals surface area (Å²) < 4.78 is 9.79. The normalized spacial score (nSPS) is 11.6. The van der Waals surface area contributed by atoms with Gasteiger partial charge in [0.2, 0.25) is 0 Å². The summed E-state index contributed by atoms with van der Waals surface area (Å²) in [5.41, 5.74) is 17.2. The average Bonchev–Trinajstić information content (AvgIpc) is 3.88. The van der Waals surface area contributed by atoms with E-state index in [0.29, 0.717) is 36.4 Å². The number of amides is 2. The van der Waals surface area contributed by atoms with Gasteiger partial charge in [-0.15, -0.1) is 0 Å². The molecule has 11 heteroatoms. The van der Waals surface area contributed by atoms with Crippen molar-refractivity contribution in [3.63, 3.8) is 0 Å². The van der Waals surface area contributed by atoms with Gasteiger partial charge in [0.25, 0.3) is 11.8 Å². The summed E-state index contributed by atoms with van der Waals surface area (Å²) in [6.07, 6.45) is 1.62. The molecule has 10 rings (SSSR count). The second-order valence-corrected chi connectivity index (χ2v) is 20.2. The molecule has 8 aromatic carbocycles. The third-order valence-corrected chi connectivity index (χ3v) is 15.4. The SMILES string of the molecule is CCC(NC(=O)c1ccc2c(c1)c(C)c(C)n2Cc1ccccc1-c1cccc(C(=O)O)c1)c1ccccc1.CCOC(=O)c1cccc(-c2ccccc2Cn2c(C)c(C)c3cc(C(=O)NC(CC)c4ccccc4)ccc32)c1.CO. The van der Waals surface area contributed by atoms with Crippen molar-refractivity contribution in [3.05, 3.63) is 261 Å². The van der Waals surface area contributed by atoms with Gasteiger partial charge in [-0.05, 0) is 164 Å². The lowest BCUT2D eigenvalue weighted by Gasteiger charge is -2.17. The molecular formula is C71H72N4O7. The first-order valence-corrected chi connectivity index (χ1v) is 27.9. The van der Waals surface area contributed by atoms with Crippen LogP contribution in [0.3, 0.4) is 0 Å². The molecule has 10 aromatic rings. The van der Waals surface area contributed by atoms with Crippen molar-refractivity contribution < 1.29 is 34.1 Å². The number of fused-ring (bicyclic) bond motifs is 2. The number of carboxylic acid groups (broad SMARTS) is 1. The molecule has 0 saturated carbocycles. The Balaban J connectivity index is 0.000000209. The van der Waals surface area contributed by atoms with Crippen molar-refractivity contribution in [1.82, 2.24) is 19.8 Å². The molecule has 2 heterocycles. The number of aromatic carboxylic acids is 1. The van der Waals surface area contributed by atoms with Crippen LogP contribution in [0.25, 0.3) is 44.1 Å². The van der Waals surface area contributed by atoms with Gasteiger partial charge >= 0.3 is 11.9 Å². The van der Waals surface area contributed by atoms with Gasteiger partial charge in [0.05, 0.1) is 29.8 Å². The largest absolute Gasteiger partial charge is 0.478 e. The number of hydrogen-bond donors (Lipinski definition) is 4. The number of carboxylic acids is 1. The van der Waals surface area contributed by atoms with Gasteiger partial charge < -0.3 is 34.7 Å². The highest BCUT2D eigenvalue weighted by Crippen LogP contribution is 2.34. The van der Waals surface area contributed by atoms with Crippen LogP contribution in [0.15, 0.2) is 194 Å². The third-order valence-electron chi connectivity index (χ3n) is 15.4. The maximum absolute atomic E-state index is 13.3. The summed E-state index contributed by atoms with van der Waals surface area (Å²) in [7, 11) is 1.00. The molecule has 2 aromatic heterocycles. The molecule has 0 bridgehead atoms. The number of carbonyl (C=O) groups is 4. The Morgan fingerprint density at radius 1 is 0.463 bits per heavy atom. The fourth-order valence-corrected chi connectivity index (χ4v) is 10.8. The van der Waals surface area contributed by atoms with E-state index in [2.05, 4.69) is 97.7 Å². The first-order chi connectivity index (χ1) is 39.8. The Kier molecular flexibility index (Phi) is 19.5. The van der Waals surface area contributed by atoms with E-state index >= 15 is 0 Å². The van der Waals surface area contributed by atoms with Gasteiger partial charge in [0.15, 0.2) is 0 Å². The number of carbonyl (C=O) groups excluding carboxylic acids is 3. The number of rotatable bonds is 17. The minimum Gasteiger partial charge on any atom is -0.478 e. The number of aliphatic hydroxyl groups excluding tert-OH is 1. The minimum atomic E-state index is -0.939. The molecule has 0 aliphatic carbocycles. The van der Waals surface area contributed by atoms with Gasteiger partial charge in [0.1, 0.15) is 0 Å². The van der Waals surface area contributed by atoms with E-state index in [1.54, 1.807) is 24.3 Å². The van der Waals surface area contributed by atoms with E-state index in [0.717, 1.165) is 109 Å². The molecule has 2 atom stereocenters. The van der Waals surface area contributed by atoms with Crippen LogP contribution >= 0.6 is 0 Å². The first kappa shape index (κ1) is 58.8. The zero-order valence-corrected chi connectivity index (χ0v) is 48.0. The number of nitrogens with one attached hydrogen (secondary N) is 2. The summed E-state index contributed by atoms with van der Waals surface area (Å²) in [5.74, 6) is -1.41. The summed E-state index contributed by atoms with van der Waals surface area (Å²) in [6.45, 7) is 16.0. The van der Waals surface area contributed by atoms with E-state index in [9.17, 15) is 24.3 Å². The molecule has 2 amide bonds. The molecule has 418 valence electrons. The number of hydrogen-bond acceptors (Lipinski definition) is 6. The van der Waals surface area contributed by atoms with E-state index in [-0.39, 0.29) is 35.4 Å². The molecule has 82 heavy (non-hydrogen) atoms. The molecule has 11 nitrogen and oxygen atoms in total. The van der Waals surface area contributed by atoms with Crippen molar-refractivity contribution in [2.45, 2.75) is 86.5 Å². The number of nitrogens with zero attached hydrogens (tertiary/aromatic N) is 2. The minimum absolute atomic E-state index is 0.0364. The van der Waals surface area contributed by atoms with Crippen molar-refractivity contribution in [2.75, 3.05) is 13.7 Å². The highest BCUT2D eigenvalue weighted by Gasteiger charge is 2.21. The Morgan fingerprint density at radius 3 is 1.28 bits per heavy atom. The van der Waals surface area contributed by atoms with Crippen molar-refractivity contribution in [3.8, 4) is 22.3 Å². The smallest absolute Gasteiger partial charge is 0.338 e. The lowest BCUT2D eigenvalue weighted by molar-refractivity contribution is 0.0525. The van der Waals surface area contributed by atoms with Gasteiger partial charge in [-0.3, -0.25) is 9.59 Å². The van der Waals surface area contributed by atoms with E-state index in [1.807, 2.05) is 140 Å². The van der Waals surface area contributed by atoms with Crippen molar-refractivity contribution in [1.29, 1.82) is 0 Å². The Bertz CT molecular complexity index is 3880. The second-order valence-electron chi connectivity index (χ2n) is 20.2. The summed E-state index contributed by atoms with van der Waals surface area (Å²) in [6, 6.07) is 63.0. The standard InChI is InChI=1S/C36H36N2O3.C34H32N2O3.CH4O/c1-5-33(26-13-8-7-9-14-26)37-35(39)28-19-20-34-32(22-28)24(3)25(4)38(34)23-30-15-10-11-18-31(30)27-16-12-17-29(21-27)36(40)41-6-2;1-4-31(24-11-6-5-7-12-24)35-33(37)26-17-18-32-30(20-26)22(2)23(3)36(32)21-28-13-8-9-16-29(28)25-14-10-15-27(19-25)34(38)39;1-2/h7-22,33H,5-6,23H2,1-4H3,(H,37,39);5-20,31H,4,21H2,1-3H3,(H,35,37)(H,38,39);2H,1H3.